The molecule has 3 rings (SSSR count). The highest BCUT2D eigenvalue weighted by atomic mass is 16.2. The zero-order valence-electron chi connectivity index (χ0n) is 10.7. The van der Waals surface area contributed by atoms with E-state index in [9.17, 15) is 4.79 Å². The molecule has 2 saturated carbocycles. The standard InChI is InChI=1S/C14H23NO/c1-9(2)14-6-7-15(8-12(14)10(14)3)13(16)11-4-5-11/h9-12H,4-8H2,1-3H3/t10-,12+,14?/m0/s1. The molecule has 90 valence electrons. The van der Waals surface area contributed by atoms with E-state index in [0.717, 1.165) is 43.7 Å². The van der Waals surface area contributed by atoms with Gasteiger partial charge in [0, 0.05) is 19.0 Å². The number of fused-ring (bicyclic) bond motifs is 1. The molecule has 3 atom stereocenters. The van der Waals surface area contributed by atoms with Crippen LogP contribution in [0.3, 0.4) is 0 Å². The summed E-state index contributed by atoms with van der Waals surface area (Å²) in [6.07, 6.45) is 3.53. The summed E-state index contributed by atoms with van der Waals surface area (Å²) < 4.78 is 0. The predicted molar refractivity (Wildman–Crippen MR) is 63.8 cm³/mol. The second-order valence-corrected chi connectivity index (χ2v) is 6.47. The van der Waals surface area contributed by atoms with Crippen molar-refractivity contribution in [2.45, 2.75) is 40.0 Å². The molecule has 2 aliphatic carbocycles. The average Bonchev–Trinajstić information content (AvgIpc) is 3.14. The molecule has 0 N–H and O–H groups in total. The fourth-order valence-electron chi connectivity index (χ4n) is 4.18. The van der Waals surface area contributed by atoms with Gasteiger partial charge in [-0.3, -0.25) is 4.79 Å². The van der Waals surface area contributed by atoms with Crippen LogP contribution in [0.1, 0.15) is 40.0 Å². The molecular weight excluding hydrogens is 198 g/mol. The van der Waals surface area contributed by atoms with E-state index < -0.39 is 0 Å². The van der Waals surface area contributed by atoms with Crippen molar-refractivity contribution >= 4 is 5.91 Å². The van der Waals surface area contributed by atoms with Crippen LogP contribution in [0.4, 0.5) is 0 Å². The van der Waals surface area contributed by atoms with Gasteiger partial charge in [0.25, 0.3) is 0 Å². The number of amides is 1. The highest BCUT2D eigenvalue weighted by Crippen LogP contribution is 2.67. The topological polar surface area (TPSA) is 20.3 Å². The van der Waals surface area contributed by atoms with E-state index in [-0.39, 0.29) is 0 Å². The predicted octanol–water partition coefficient (Wildman–Crippen LogP) is 2.54. The monoisotopic (exact) mass is 221 g/mol. The molecule has 2 heteroatoms. The lowest BCUT2D eigenvalue weighted by molar-refractivity contribution is -0.134. The summed E-state index contributed by atoms with van der Waals surface area (Å²) >= 11 is 0. The van der Waals surface area contributed by atoms with Crippen molar-refractivity contribution in [3.63, 3.8) is 0 Å². The Hall–Kier alpha value is -0.530. The summed E-state index contributed by atoms with van der Waals surface area (Å²) in [6, 6.07) is 0. The van der Waals surface area contributed by atoms with Crippen LogP contribution in [0, 0.1) is 29.1 Å². The quantitative estimate of drug-likeness (QED) is 0.701. The minimum absolute atomic E-state index is 0.403. The Labute approximate surface area is 98.4 Å². The van der Waals surface area contributed by atoms with Gasteiger partial charge in [-0.2, -0.15) is 0 Å². The number of rotatable bonds is 2. The summed E-state index contributed by atoms with van der Waals surface area (Å²) in [4.78, 5) is 14.2. The van der Waals surface area contributed by atoms with Crippen molar-refractivity contribution in [1.29, 1.82) is 0 Å². The van der Waals surface area contributed by atoms with Gasteiger partial charge >= 0.3 is 0 Å². The van der Waals surface area contributed by atoms with Crippen molar-refractivity contribution in [3.05, 3.63) is 0 Å². The Morgan fingerprint density at radius 1 is 1.38 bits per heavy atom. The van der Waals surface area contributed by atoms with Gasteiger partial charge < -0.3 is 4.90 Å². The van der Waals surface area contributed by atoms with Crippen molar-refractivity contribution < 1.29 is 4.79 Å². The highest BCUT2D eigenvalue weighted by Gasteiger charge is 2.65. The maximum atomic E-state index is 12.0. The Bertz CT molecular complexity index is 321. The van der Waals surface area contributed by atoms with E-state index in [1.54, 1.807) is 0 Å². The summed E-state index contributed by atoms with van der Waals surface area (Å²) in [5, 5.41) is 0. The van der Waals surface area contributed by atoms with Crippen molar-refractivity contribution in [3.8, 4) is 0 Å². The number of hydrogen-bond donors (Lipinski definition) is 0. The third-order valence-electron chi connectivity index (χ3n) is 5.58. The van der Waals surface area contributed by atoms with E-state index in [4.69, 9.17) is 0 Å². The van der Waals surface area contributed by atoms with Gasteiger partial charge in [-0.15, -0.1) is 0 Å². The van der Waals surface area contributed by atoms with E-state index in [0.29, 0.717) is 17.2 Å². The van der Waals surface area contributed by atoms with Crippen LogP contribution in [0.2, 0.25) is 0 Å². The van der Waals surface area contributed by atoms with Gasteiger partial charge in [0.05, 0.1) is 0 Å². The number of carbonyl (C=O) groups is 1. The van der Waals surface area contributed by atoms with Gasteiger partial charge in [0.2, 0.25) is 5.91 Å². The largest absolute Gasteiger partial charge is 0.342 e. The molecule has 0 aromatic carbocycles. The number of nitrogens with zero attached hydrogens (tertiary/aromatic N) is 1. The van der Waals surface area contributed by atoms with Crippen LogP contribution in [-0.4, -0.2) is 23.9 Å². The van der Waals surface area contributed by atoms with Gasteiger partial charge in [-0.05, 0) is 42.4 Å². The second-order valence-electron chi connectivity index (χ2n) is 6.47. The van der Waals surface area contributed by atoms with Crippen LogP contribution in [-0.2, 0) is 4.79 Å². The maximum absolute atomic E-state index is 12.0. The van der Waals surface area contributed by atoms with Crippen LogP contribution in [0.15, 0.2) is 0 Å². The first-order valence-electron chi connectivity index (χ1n) is 6.86. The molecule has 1 aliphatic heterocycles. The summed E-state index contributed by atoms with van der Waals surface area (Å²) in [7, 11) is 0. The van der Waals surface area contributed by atoms with E-state index in [1.807, 2.05) is 0 Å². The maximum Gasteiger partial charge on any atom is 0.225 e. The molecule has 0 bridgehead atoms. The minimum Gasteiger partial charge on any atom is -0.342 e. The lowest BCUT2D eigenvalue weighted by atomic mass is 9.83. The van der Waals surface area contributed by atoms with E-state index >= 15 is 0 Å². The number of hydrogen-bond acceptors (Lipinski definition) is 1. The van der Waals surface area contributed by atoms with E-state index in [2.05, 4.69) is 25.7 Å². The SMILES string of the molecule is CC(C)C12CCN(C(=O)C3CC3)C[C@@H]1[C@@H]2C. The Kier molecular flexibility index (Phi) is 2.15. The first-order valence-corrected chi connectivity index (χ1v) is 6.86. The molecule has 0 spiro atoms. The number of likely N-dealkylation sites (tertiary alicyclic amines) is 1. The molecule has 1 unspecified atom stereocenters. The van der Waals surface area contributed by atoms with Gasteiger partial charge in [-0.25, -0.2) is 0 Å². The molecule has 0 aromatic heterocycles. The van der Waals surface area contributed by atoms with Crippen molar-refractivity contribution in [1.82, 2.24) is 4.90 Å². The van der Waals surface area contributed by atoms with E-state index in [1.165, 1.54) is 6.42 Å². The lowest BCUT2D eigenvalue weighted by Crippen LogP contribution is -2.41. The molecule has 0 radical (unpaired) electrons. The minimum atomic E-state index is 0.403. The highest BCUT2D eigenvalue weighted by molar-refractivity contribution is 5.81. The smallest absolute Gasteiger partial charge is 0.225 e. The van der Waals surface area contributed by atoms with Crippen LogP contribution < -0.4 is 0 Å². The molecule has 16 heavy (non-hydrogen) atoms. The Balaban J connectivity index is 1.68. The first kappa shape index (κ1) is 10.6. The first-order chi connectivity index (χ1) is 7.57. The average molecular weight is 221 g/mol. The van der Waals surface area contributed by atoms with Crippen molar-refractivity contribution in [2.24, 2.45) is 29.1 Å². The normalized spacial score (nSPS) is 42.1. The second kappa shape index (κ2) is 3.24. The summed E-state index contributed by atoms with van der Waals surface area (Å²) in [5.41, 5.74) is 0.584. The third-order valence-corrected chi connectivity index (χ3v) is 5.58. The Morgan fingerprint density at radius 2 is 2.06 bits per heavy atom. The third kappa shape index (κ3) is 1.28. The molecule has 0 aromatic rings. The molecule has 1 heterocycles. The van der Waals surface area contributed by atoms with Gasteiger partial charge in [-0.1, -0.05) is 20.8 Å². The van der Waals surface area contributed by atoms with Crippen LogP contribution in [0.25, 0.3) is 0 Å². The van der Waals surface area contributed by atoms with Gasteiger partial charge in [0.1, 0.15) is 0 Å². The van der Waals surface area contributed by atoms with Crippen LogP contribution in [0.5, 0.6) is 0 Å². The zero-order chi connectivity index (χ0) is 11.5. The molecular formula is C14H23NO. The number of piperidine rings is 1. The summed E-state index contributed by atoms with van der Waals surface area (Å²) in [6.45, 7) is 9.17. The lowest BCUT2D eigenvalue weighted by Gasteiger charge is -2.34. The molecule has 2 nitrogen and oxygen atoms in total. The zero-order valence-corrected chi connectivity index (χ0v) is 10.7. The fourth-order valence-corrected chi connectivity index (χ4v) is 4.18. The number of carbonyl (C=O) groups excluding carboxylic acids is 1. The molecule has 3 fully saturated rings. The molecule has 3 aliphatic rings. The molecule has 1 amide bonds. The molecule has 1 saturated heterocycles. The fraction of sp³-hybridized carbons (Fsp3) is 0.929. The van der Waals surface area contributed by atoms with Gasteiger partial charge in [0.15, 0.2) is 0 Å². The Morgan fingerprint density at radius 3 is 2.56 bits per heavy atom. The van der Waals surface area contributed by atoms with Crippen LogP contribution >= 0.6 is 0 Å². The van der Waals surface area contributed by atoms with Crippen molar-refractivity contribution in [2.75, 3.05) is 13.1 Å². The summed E-state index contributed by atoms with van der Waals surface area (Å²) in [5.74, 6) is 3.27.